The van der Waals surface area contributed by atoms with Gasteiger partial charge >= 0.3 is 0 Å². The summed E-state index contributed by atoms with van der Waals surface area (Å²) >= 11 is 0. The minimum Gasteiger partial charge on any atom is -0.508 e. The predicted molar refractivity (Wildman–Crippen MR) is 183 cm³/mol. The normalized spacial score (nSPS) is 27.6. The summed E-state index contributed by atoms with van der Waals surface area (Å²) in [5.74, 6) is -5.22. The summed E-state index contributed by atoms with van der Waals surface area (Å²) in [4.78, 5) is 41.1. The Morgan fingerprint density at radius 1 is 1.02 bits per heavy atom. The molecular formula is C40H50O7. The number of carbonyl (C=O) groups is 3. The number of phenolic OH excluding ortho intramolecular Hbond substituents is 1. The van der Waals surface area contributed by atoms with Crippen LogP contribution < -0.4 is 0 Å². The standard InChI is InChI=1S/C40H50O7/c1-10-24-14-13-23(12-11-17-37(5,6)7)18-26(24)25-15-16-28(42)30-27(25)19-38(8)20-39(9)31(21(2)3)33(43)29(22(4)41)35(45)40(39,47)36(46)32(38)34(30)44/h13-16,18,21,31,42,44-45,47H,10-12,17,19-20H2,1-9H3/t31?,38-,39-,40+/m1/s1. The lowest BCUT2D eigenvalue weighted by molar-refractivity contribution is -0.178. The maximum Gasteiger partial charge on any atom is 0.203 e. The number of rotatable bonds is 7. The molecule has 47 heavy (non-hydrogen) atoms. The number of hydrogen-bond acceptors (Lipinski definition) is 7. The molecule has 2 aromatic rings. The van der Waals surface area contributed by atoms with Crippen LogP contribution in [0, 0.1) is 28.1 Å². The van der Waals surface area contributed by atoms with Crippen molar-refractivity contribution < 1.29 is 34.8 Å². The fourth-order valence-corrected chi connectivity index (χ4v) is 9.13. The third kappa shape index (κ3) is 5.16. The number of carbonyl (C=O) groups excluding carboxylic acids is 3. The lowest BCUT2D eigenvalue weighted by Gasteiger charge is -2.59. The third-order valence-electron chi connectivity index (χ3n) is 11.1. The summed E-state index contributed by atoms with van der Waals surface area (Å²) in [6.07, 6.45) is 4.11. The third-order valence-corrected chi connectivity index (χ3v) is 11.1. The number of aryl methyl sites for hydroxylation is 2. The Balaban J connectivity index is 1.73. The van der Waals surface area contributed by atoms with Gasteiger partial charge in [0.2, 0.25) is 5.78 Å². The highest BCUT2D eigenvalue weighted by atomic mass is 16.3. The van der Waals surface area contributed by atoms with Crippen LogP contribution in [-0.2, 0) is 33.6 Å². The van der Waals surface area contributed by atoms with Crippen LogP contribution in [0.1, 0.15) is 104 Å². The molecule has 0 heterocycles. The largest absolute Gasteiger partial charge is 0.508 e. The van der Waals surface area contributed by atoms with Gasteiger partial charge in [-0.1, -0.05) is 79.7 Å². The Bertz CT molecular complexity index is 1750. The van der Waals surface area contributed by atoms with Crippen molar-refractivity contribution >= 4 is 23.1 Å². The predicted octanol–water partition coefficient (Wildman–Crippen LogP) is 7.79. The Labute approximate surface area is 278 Å². The SMILES string of the molecule is CCc1ccc(CCCC(C)(C)C)cc1-c1ccc(O)c2c1C[C@]1(C)C[C@]3(C)C(C(C)C)C(=O)C(C(C)=O)=C(O)[C@]3(O)C(=O)C1=C2O. The number of fused-ring (bicyclic) bond motifs is 3. The van der Waals surface area contributed by atoms with E-state index in [1.165, 1.54) is 11.6 Å². The second-order valence-corrected chi connectivity index (χ2v) is 16.2. The molecule has 1 saturated carbocycles. The Kier molecular flexibility index (Phi) is 8.45. The highest BCUT2D eigenvalue weighted by Gasteiger charge is 2.72. The molecule has 0 saturated heterocycles. The van der Waals surface area contributed by atoms with Crippen molar-refractivity contribution in [1.82, 2.24) is 0 Å². The van der Waals surface area contributed by atoms with Crippen molar-refractivity contribution in [3.05, 3.63) is 69.5 Å². The van der Waals surface area contributed by atoms with Crippen LogP contribution in [0.25, 0.3) is 16.9 Å². The minimum absolute atomic E-state index is 0.0630. The first kappa shape index (κ1) is 34.6. The average molecular weight is 643 g/mol. The van der Waals surface area contributed by atoms with Gasteiger partial charge in [0.15, 0.2) is 17.2 Å². The molecule has 3 aliphatic carbocycles. The molecule has 2 aromatic carbocycles. The Hall–Kier alpha value is -3.71. The maximum absolute atomic E-state index is 14.6. The van der Waals surface area contributed by atoms with Gasteiger partial charge in [-0.25, -0.2) is 0 Å². The number of phenols is 1. The summed E-state index contributed by atoms with van der Waals surface area (Å²) in [5.41, 5.74) is -0.681. The van der Waals surface area contributed by atoms with E-state index in [1.54, 1.807) is 20.8 Å². The van der Waals surface area contributed by atoms with E-state index in [0.29, 0.717) is 5.56 Å². The van der Waals surface area contributed by atoms with Gasteiger partial charge in [-0.3, -0.25) is 14.4 Å². The number of aromatic hydroxyl groups is 1. The topological polar surface area (TPSA) is 132 Å². The van der Waals surface area contributed by atoms with Crippen LogP contribution in [0.2, 0.25) is 0 Å². The first-order chi connectivity index (χ1) is 21.7. The summed E-state index contributed by atoms with van der Waals surface area (Å²) in [7, 11) is 0. The number of Topliss-reactive ketones (excluding diaryl/α,β-unsaturated/α-hetero) is 3. The first-order valence-corrected chi connectivity index (χ1v) is 16.9. The van der Waals surface area contributed by atoms with Crippen molar-refractivity contribution in [1.29, 1.82) is 0 Å². The number of allylic oxidation sites excluding steroid dienone is 1. The molecule has 0 aromatic heterocycles. The lowest BCUT2D eigenvalue weighted by Crippen LogP contribution is -2.69. The zero-order valence-corrected chi connectivity index (χ0v) is 29.3. The molecule has 5 rings (SSSR count). The zero-order chi connectivity index (χ0) is 35.0. The highest BCUT2D eigenvalue weighted by Crippen LogP contribution is 2.65. The van der Waals surface area contributed by atoms with E-state index >= 15 is 0 Å². The van der Waals surface area contributed by atoms with E-state index < -0.39 is 56.8 Å². The van der Waals surface area contributed by atoms with Crippen molar-refractivity contribution in [2.75, 3.05) is 0 Å². The summed E-state index contributed by atoms with van der Waals surface area (Å²) < 4.78 is 0. The van der Waals surface area contributed by atoms with Crippen LogP contribution in [0.3, 0.4) is 0 Å². The van der Waals surface area contributed by atoms with E-state index in [-0.39, 0.29) is 41.1 Å². The highest BCUT2D eigenvalue weighted by molar-refractivity contribution is 6.24. The van der Waals surface area contributed by atoms with Gasteiger partial charge in [0.1, 0.15) is 22.8 Å². The Morgan fingerprint density at radius 3 is 2.26 bits per heavy atom. The van der Waals surface area contributed by atoms with Crippen molar-refractivity contribution in [2.24, 2.45) is 28.1 Å². The van der Waals surface area contributed by atoms with Gasteiger partial charge in [0, 0.05) is 22.3 Å². The second-order valence-electron chi connectivity index (χ2n) is 16.2. The molecule has 0 amide bonds. The molecule has 0 bridgehead atoms. The Morgan fingerprint density at radius 2 is 1.68 bits per heavy atom. The minimum atomic E-state index is -2.62. The van der Waals surface area contributed by atoms with Gasteiger partial charge in [-0.05, 0) is 90.7 Å². The van der Waals surface area contributed by atoms with E-state index in [2.05, 4.69) is 45.9 Å². The molecule has 4 N–H and O–H groups in total. The monoisotopic (exact) mass is 642 g/mol. The molecule has 3 aliphatic rings. The number of benzene rings is 2. The molecule has 7 nitrogen and oxygen atoms in total. The average Bonchev–Trinajstić information content (AvgIpc) is 2.94. The summed E-state index contributed by atoms with van der Waals surface area (Å²) in [6, 6.07) is 9.88. The van der Waals surface area contributed by atoms with Crippen LogP contribution in [0.5, 0.6) is 5.75 Å². The van der Waals surface area contributed by atoms with Gasteiger partial charge in [-0.15, -0.1) is 0 Å². The van der Waals surface area contributed by atoms with Gasteiger partial charge in [-0.2, -0.15) is 0 Å². The first-order valence-electron chi connectivity index (χ1n) is 16.9. The van der Waals surface area contributed by atoms with Gasteiger partial charge in [0.25, 0.3) is 0 Å². The fraction of sp³-hybridized carbons (Fsp3) is 0.525. The number of ketones is 3. The van der Waals surface area contributed by atoms with Gasteiger partial charge in [0.05, 0.1) is 5.56 Å². The molecule has 252 valence electrons. The molecular weight excluding hydrogens is 592 g/mol. The van der Waals surface area contributed by atoms with Crippen LogP contribution in [-0.4, -0.2) is 43.4 Å². The quantitative estimate of drug-likeness (QED) is 0.227. The van der Waals surface area contributed by atoms with E-state index in [4.69, 9.17) is 0 Å². The smallest absolute Gasteiger partial charge is 0.203 e. The van der Waals surface area contributed by atoms with Crippen molar-refractivity contribution in [3.63, 3.8) is 0 Å². The lowest BCUT2D eigenvalue weighted by atomic mass is 9.43. The molecule has 0 spiro atoms. The van der Waals surface area contributed by atoms with E-state index in [9.17, 15) is 34.8 Å². The van der Waals surface area contributed by atoms with E-state index in [0.717, 1.165) is 49.3 Å². The van der Waals surface area contributed by atoms with Gasteiger partial charge < -0.3 is 20.4 Å². The molecule has 0 aliphatic heterocycles. The summed E-state index contributed by atoms with van der Waals surface area (Å²) in [5, 5.41) is 46.9. The molecule has 4 atom stereocenters. The number of aliphatic hydroxyl groups is 3. The summed E-state index contributed by atoms with van der Waals surface area (Å²) in [6.45, 7) is 17.0. The molecule has 1 unspecified atom stereocenters. The van der Waals surface area contributed by atoms with Crippen molar-refractivity contribution in [3.8, 4) is 16.9 Å². The molecule has 7 heteroatoms. The van der Waals surface area contributed by atoms with Crippen LogP contribution >= 0.6 is 0 Å². The van der Waals surface area contributed by atoms with E-state index in [1.807, 2.05) is 13.0 Å². The molecule has 0 radical (unpaired) electrons. The van der Waals surface area contributed by atoms with Crippen LogP contribution in [0.4, 0.5) is 0 Å². The van der Waals surface area contributed by atoms with Crippen molar-refractivity contribution in [2.45, 2.75) is 106 Å². The fourth-order valence-electron chi connectivity index (χ4n) is 9.13. The number of hydrogen-bond donors (Lipinski definition) is 4. The molecule has 1 fully saturated rings. The zero-order valence-electron chi connectivity index (χ0n) is 29.3. The number of aliphatic hydroxyl groups excluding tert-OH is 2. The van der Waals surface area contributed by atoms with Crippen LogP contribution in [0.15, 0.2) is 47.2 Å². The second kappa shape index (κ2) is 11.5. The maximum atomic E-state index is 14.6.